The smallest absolute Gasteiger partial charge is 0.406 e. The van der Waals surface area contributed by atoms with Crippen LogP contribution in [0.25, 0.3) is 10.9 Å². The molecule has 2 aromatic rings. The van der Waals surface area contributed by atoms with Crippen molar-refractivity contribution in [3.05, 3.63) is 28.0 Å². The Bertz CT molecular complexity index is 934. The van der Waals surface area contributed by atoms with Gasteiger partial charge in [0.2, 0.25) is 0 Å². The number of benzene rings is 1. The molecule has 3 atom stereocenters. The molecule has 10 heteroatoms. The van der Waals surface area contributed by atoms with Crippen LogP contribution in [0, 0.1) is 9.62 Å². The molecule has 1 aromatic carbocycles. The molecule has 0 amide bonds. The van der Waals surface area contributed by atoms with Gasteiger partial charge in [0, 0.05) is 36.6 Å². The Hall–Kier alpha value is -1.53. The summed E-state index contributed by atoms with van der Waals surface area (Å²) in [6, 6.07) is 6.99. The molecule has 178 valence electrons. The molecule has 1 aromatic heterocycles. The maximum absolute atomic E-state index is 13.0. The molecule has 1 aliphatic heterocycles. The van der Waals surface area contributed by atoms with E-state index in [1.165, 1.54) is 4.57 Å². The maximum atomic E-state index is 13.0. The van der Waals surface area contributed by atoms with Crippen molar-refractivity contribution in [1.82, 2.24) is 9.47 Å². The first-order valence-electron chi connectivity index (χ1n) is 10.8. The van der Waals surface area contributed by atoms with Gasteiger partial charge in [0.1, 0.15) is 12.8 Å². The maximum Gasteiger partial charge on any atom is 0.406 e. The first-order chi connectivity index (χ1) is 15.1. The molecule has 3 rings (SSSR count). The van der Waals surface area contributed by atoms with Crippen LogP contribution in [-0.4, -0.2) is 58.7 Å². The Morgan fingerprint density at radius 1 is 1.41 bits per heavy atom. The van der Waals surface area contributed by atoms with Crippen LogP contribution in [0.15, 0.2) is 24.3 Å². The number of carbonyl (C=O) groups excluding carboxylic acids is 1. The third kappa shape index (κ3) is 6.28. The molecule has 2 N–H and O–H groups in total. The lowest BCUT2D eigenvalue weighted by atomic mass is 10.0. The lowest BCUT2D eigenvalue weighted by Crippen LogP contribution is -2.48. The van der Waals surface area contributed by atoms with Crippen molar-refractivity contribution in [1.29, 1.82) is 0 Å². The summed E-state index contributed by atoms with van der Waals surface area (Å²) in [6.45, 7) is 4.12. The molecular weight excluding hydrogens is 538 g/mol. The predicted molar refractivity (Wildman–Crippen MR) is 125 cm³/mol. The fraction of sp³-hybridized carbons (Fsp3) is 0.591. The number of aliphatic hydroxyl groups is 1. The van der Waals surface area contributed by atoms with Gasteiger partial charge in [0.05, 0.1) is 21.7 Å². The van der Waals surface area contributed by atoms with E-state index in [1.807, 2.05) is 40.5 Å². The second kappa shape index (κ2) is 10.6. The van der Waals surface area contributed by atoms with E-state index in [0.717, 1.165) is 23.9 Å². The summed E-state index contributed by atoms with van der Waals surface area (Å²) in [7, 11) is 0. The van der Waals surface area contributed by atoms with Crippen molar-refractivity contribution in [2.75, 3.05) is 25.0 Å². The number of alkyl halides is 3. The molecule has 0 aliphatic carbocycles. The quantitative estimate of drug-likeness (QED) is 0.361. The third-order valence-electron chi connectivity index (χ3n) is 5.63. The number of nitrogens with zero attached hydrogens (tertiary/aromatic N) is 2. The van der Waals surface area contributed by atoms with Crippen molar-refractivity contribution in [3.63, 3.8) is 0 Å². The number of ether oxygens (including phenoxy) is 1. The van der Waals surface area contributed by atoms with Gasteiger partial charge < -0.3 is 19.7 Å². The number of fused-ring (bicyclic) bond motifs is 1. The Kier molecular flexibility index (Phi) is 8.31. The van der Waals surface area contributed by atoms with Gasteiger partial charge in [-0.2, -0.15) is 13.2 Å². The number of piperidine rings is 1. The van der Waals surface area contributed by atoms with Crippen LogP contribution in [-0.2, 0) is 16.1 Å². The van der Waals surface area contributed by atoms with Gasteiger partial charge in [-0.1, -0.05) is 19.9 Å². The summed E-state index contributed by atoms with van der Waals surface area (Å²) in [6.07, 6.45) is -3.05. The van der Waals surface area contributed by atoms with Crippen LogP contribution < -0.4 is 5.32 Å². The minimum absolute atomic E-state index is 0.0298. The largest absolute Gasteiger partial charge is 0.465 e. The molecular formula is C22H29F3IN3O3. The highest BCUT2D eigenvalue weighted by molar-refractivity contribution is 14.1. The van der Waals surface area contributed by atoms with Gasteiger partial charge in [-0.05, 0) is 53.6 Å². The number of likely N-dealkylation sites (tertiary alicyclic amines) is 1. The predicted octanol–water partition coefficient (Wildman–Crippen LogP) is 4.59. The number of carbonyl (C=O) groups is 1. The number of hydrogen-bond donors (Lipinski definition) is 2. The molecule has 0 bridgehead atoms. The Morgan fingerprint density at radius 3 is 2.81 bits per heavy atom. The average Bonchev–Trinajstić information content (AvgIpc) is 3.03. The number of rotatable bonds is 8. The minimum atomic E-state index is -4.30. The zero-order chi connectivity index (χ0) is 23.5. The molecule has 3 unspecified atom stereocenters. The number of aliphatic hydroxyl groups excluding tert-OH is 1. The third-order valence-corrected chi connectivity index (χ3v) is 6.53. The molecule has 1 aliphatic rings. The second-order valence-electron chi connectivity index (χ2n) is 8.32. The van der Waals surface area contributed by atoms with E-state index in [9.17, 15) is 23.1 Å². The van der Waals surface area contributed by atoms with Crippen LogP contribution in [0.1, 0.15) is 33.1 Å². The molecule has 2 heterocycles. The van der Waals surface area contributed by atoms with Crippen molar-refractivity contribution >= 4 is 45.2 Å². The summed E-state index contributed by atoms with van der Waals surface area (Å²) in [5.41, 5.74) is 1.28. The van der Waals surface area contributed by atoms with Gasteiger partial charge in [-0.15, -0.1) is 0 Å². The van der Waals surface area contributed by atoms with Crippen molar-refractivity contribution < 1.29 is 27.8 Å². The van der Waals surface area contributed by atoms with Gasteiger partial charge in [-0.3, -0.25) is 9.69 Å². The molecule has 6 nitrogen and oxygen atoms in total. The fourth-order valence-corrected chi connectivity index (χ4v) is 4.79. The van der Waals surface area contributed by atoms with Crippen molar-refractivity contribution in [2.45, 2.75) is 58.1 Å². The summed E-state index contributed by atoms with van der Waals surface area (Å²) in [5, 5.41) is 14.7. The molecule has 32 heavy (non-hydrogen) atoms. The minimum Gasteiger partial charge on any atom is -0.465 e. The fourth-order valence-electron chi connectivity index (χ4n) is 4.05. The van der Waals surface area contributed by atoms with E-state index in [2.05, 4.69) is 5.32 Å². The van der Waals surface area contributed by atoms with Gasteiger partial charge in [0.25, 0.3) is 0 Å². The SMILES string of the molecule is CCCOC(=O)C(C)CN1CCC(Nc2cccc3c2cc(I)n3CC(F)(F)F)CC1O. The summed E-state index contributed by atoms with van der Waals surface area (Å²) >= 11 is 1.92. The van der Waals surface area contributed by atoms with E-state index < -0.39 is 18.9 Å². The summed E-state index contributed by atoms with van der Waals surface area (Å²) in [5.74, 6) is -0.589. The van der Waals surface area contributed by atoms with Crippen LogP contribution in [0.5, 0.6) is 0 Å². The van der Waals surface area contributed by atoms with Gasteiger partial charge in [0.15, 0.2) is 0 Å². The zero-order valence-corrected chi connectivity index (χ0v) is 20.3. The topological polar surface area (TPSA) is 66.7 Å². The van der Waals surface area contributed by atoms with Crippen molar-refractivity contribution in [2.24, 2.45) is 5.92 Å². The monoisotopic (exact) mass is 567 g/mol. The highest BCUT2D eigenvalue weighted by atomic mass is 127. The zero-order valence-electron chi connectivity index (χ0n) is 18.2. The first-order valence-corrected chi connectivity index (χ1v) is 11.9. The number of nitrogens with one attached hydrogen (secondary N) is 1. The van der Waals surface area contributed by atoms with E-state index in [0.29, 0.717) is 35.3 Å². The Morgan fingerprint density at radius 2 is 2.16 bits per heavy atom. The van der Waals surface area contributed by atoms with Crippen LogP contribution >= 0.6 is 22.6 Å². The number of esters is 1. The van der Waals surface area contributed by atoms with Crippen LogP contribution in [0.3, 0.4) is 0 Å². The van der Waals surface area contributed by atoms with Crippen molar-refractivity contribution in [3.8, 4) is 0 Å². The Balaban J connectivity index is 1.64. The van der Waals surface area contributed by atoms with E-state index in [4.69, 9.17) is 4.74 Å². The van der Waals surface area contributed by atoms with Gasteiger partial charge >= 0.3 is 12.1 Å². The second-order valence-corrected chi connectivity index (χ2v) is 9.42. The number of halogens is 4. The van der Waals surface area contributed by atoms with E-state index >= 15 is 0 Å². The standard InChI is InChI=1S/C22H29F3IN3O3/c1-3-9-32-21(31)14(2)12-28-8-7-15(10-20(28)30)27-17-5-4-6-18-16(17)11-19(26)29(18)13-22(23,24)25/h4-6,11,14-15,20,27,30H,3,7-10,12-13H2,1-2H3. The summed E-state index contributed by atoms with van der Waals surface area (Å²) < 4.78 is 45.9. The molecule has 1 saturated heterocycles. The molecule has 0 saturated carbocycles. The van der Waals surface area contributed by atoms with Gasteiger partial charge in [-0.25, -0.2) is 0 Å². The number of anilines is 1. The first kappa shape index (κ1) is 25.1. The lowest BCUT2D eigenvalue weighted by molar-refractivity contribution is -0.150. The highest BCUT2D eigenvalue weighted by Crippen LogP contribution is 2.32. The summed E-state index contributed by atoms with van der Waals surface area (Å²) in [4.78, 5) is 13.9. The normalized spacial score (nSPS) is 21.0. The highest BCUT2D eigenvalue weighted by Gasteiger charge is 2.31. The average molecular weight is 567 g/mol. The van der Waals surface area contributed by atoms with Crippen LogP contribution in [0.2, 0.25) is 0 Å². The lowest BCUT2D eigenvalue weighted by Gasteiger charge is -2.38. The molecule has 0 spiro atoms. The van der Waals surface area contributed by atoms with E-state index in [1.54, 1.807) is 25.1 Å². The molecule has 1 fully saturated rings. The Labute approximate surface area is 199 Å². The van der Waals surface area contributed by atoms with Crippen LogP contribution in [0.4, 0.5) is 18.9 Å². The molecule has 0 radical (unpaired) electrons. The number of aromatic nitrogens is 1. The van der Waals surface area contributed by atoms with E-state index in [-0.39, 0.29) is 17.9 Å². The number of hydrogen-bond acceptors (Lipinski definition) is 5.